The van der Waals surface area contributed by atoms with E-state index < -0.39 is 0 Å². The second kappa shape index (κ2) is 2.37. The maximum absolute atomic E-state index is 10.8. The lowest BCUT2D eigenvalue weighted by molar-refractivity contribution is -0.119. The van der Waals surface area contributed by atoms with Crippen molar-refractivity contribution in [3.63, 3.8) is 0 Å². The Hall–Kier alpha value is -1.25. The Morgan fingerprint density at radius 3 is 3.17 bits per heavy atom. The number of primary amides is 1. The smallest absolute Gasteiger partial charge is 0.220 e. The van der Waals surface area contributed by atoms with Gasteiger partial charge in [-0.05, 0) is 12.6 Å². The van der Waals surface area contributed by atoms with Crippen LogP contribution in [0.1, 0.15) is 12.8 Å². The molecule has 0 radical (unpaired) electrons. The first-order valence-corrected chi connectivity index (χ1v) is 4.12. The summed E-state index contributed by atoms with van der Waals surface area (Å²) < 4.78 is 0. The minimum absolute atomic E-state index is 0.105. The Labute approximate surface area is 71.5 Å². The molecular weight excluding hydrogens is 152 g/mol. The van der Waals surface area contributed by atoms with Crippen LogP contribution in [0.2, 0.25) is 0 Å². The number of hydrogen-bond acceptors (Lipinski definition) is 2. The minimum Gasteiger partial charge on any atom is -0.370 e. The van der Waals surface area contributed by atoms with E-state index in [2.05, 4.69) is 23.1 Å². The third-order valence-electron chi connectivity index (χ3n) is 2.54. The average Bonchev–Trinajstić information content (AvgIpc) is 2.42. The molecule has 2 aliphatic rings. The van der Waals surface area contributed by atoms with Crippen LogP contribution < -0.4 is 5.73 Å². The van der Waals surface area contributed by atoms with Crippen molar-refractivity contribution < 1.29 is 4.79 Å². The van der Waals surface area contributed by atoms with Crippen LogP contribution in [0.25, 0.3) is 0 Å². The van der Waals surface area contributed by atoms with Crippen LogP contribution >= 0.6 is 0 Å². The van der Waals surface area contributed by atoms with E-state index >= 15 is 0 Å². The molecule has 2 N–H and O–H groups in total. The Morgan fingerprint density at radius 1 is 1.58 bits per heavy atom. The molecule has 0 bridgehead atoms. The number of fused-ring (bicyclic) bond motifs is 1. The first-order valence-electron chi connectivity index (χ1n) is 4.12. The van der Waals surface area contributed by atoms with Crippen LogP contribution in [0.4, 0.5) is 0 Å². The molecule has 1 amide bonds. The Morgan fingerprint density at radius 2 is 2.42 bits per heavy atom. The van der Waals surface area contributed by atoms with Crippen LogP contribution in [0.15, 0.2) is 24.4 Å². The van der Waals surface area contributed by atoms with Crippen molar-refractivity contribution in [1.29, 1.82) is 0 Å². The molecule has 0 aromatic rings. The highest BCUT2D eigenvalue weighted by Gasteiger charge is 2.38. The summed E-state index contributed by atoms with van der Waals surface area (Å²) in [4.78, 5) is 13.0. The fraction of sp³-hybridized carbons (Fsp3) is 0.444. The van der Waals surface area contributed by atoms with Crippen molar-refractivity contribution in [1.82, 2.24) is 4.90 Å². The van der Waals surface area contributed by atoms with E-state index in [0.717, 1.165) is 13.0 Å². The predicted molar refractivity (Wildman–Crippen MR) is 46.1 cm³/mol. The molecule has 2 rings (SSSR count). The van der Waals surface area contributed by atoms with Crippen molar-refractivity contribution >= 4 is 5.91 Å². The minimum atomic E-state index is -0.227. The lowest BCUT2D eigenvalue weighted by Gasteiger charge is -2.31. The van der Waals surface area contributed by atoms with Gasteiger partial charge < -0.3 is 10.6 Å². The summed E-state index contributed by atoms with van der Waals surface area (Å²) in [5, 5.41) is 0. The second-order valence-corrected chi connectivity index (χ2v) is 3.39. The fourth-order valence-electron chi connectivity index (χ4n) is 1.98. The van der Waals surface area contributed by atoms with Gasteiger partial charge >= 0.3 is 0 Å². The van der Waals surface area contributed by atoms with Crippen molar-refractivity contribution in [2.45, 2.75) is 18.4 Å². The van der Waals surface area contributed by atoms with Gasteiger partial charge in [0.25, 0.3) is 0 Å². The lowest BCUT2D eigenvalue weighted by Crippen LogP contribution is -2.40. The second-order valence-electron chi connectivity index (χ2n) is 3.39. The van der Waals surface area contributed by atoms with Gasteiger partial charge in [0.15, 0.2) is 0 Å². The van der Waals surface area contributed by atoms with Gasteiger partial charge in [-0.25, -0.2) is 0 Å². The summed E-state index contributed by atoms with van der Waals surface area (Å²) in [6.45, 7) is 0.907. The largest absolute Gasteiger partial charge is 0.370 e. The first kappa shape index (κ1) is 7.40. The first-order chi connectivity index (χ1) is 5.73. The standard InChI is InChI=1S/C9H12N2O/c10-8(12)7-9-3-1-5-11(9)6-2-4-9/h1-3,6H,4-5,7H2,(H2,10,12). The molecule has 12 heavy (non-hydrogen) atoms. The molecule has 3 heteroatoms. The zero-order valence-electron chi connectivity index (χ0n) is 6.86. The molecule has 2 aliphatic heterocycles. The highest BCUT2D eigenvalue weighted by molar-refractivity contribution is 5.76. The van der Waals surface area contributed by atoms with Gasteiger partial charge in [0.05, 0.1) is 12.0 Å². The zero-order chi connectivity index (χ0) is 8.60. The molecule has 0 spiro atoms. The number of carbonyl (C=O) groups is 1. The topological polar surface area (TPSA) is 46.3 Å². The van der Waals surface area contributed by atoms with Crippen LogP contribution in [0.3, 0.4) is 0 Å². The van der Waals surface area contributed by atoms with E-state index in [-0.39, 0.29) is 11.4 Å². The maximum atomic E-state index is 10.8. The number of nitrogens with zero attached hydrogens (tertiary/aromatic N) is 1. The molecule has 2 heterocycles. The van der Waals surface area contributed by atoms with E-state index in [1.807, 2.05) is 6.20 Å². The van der Waals surface area contributed by atoms with E-state index in [4.69, 9.17) is 5.73 Å². The third kappa shape index (κ3) is 0.932. The van der Waals surface area contributed by atoms with Gasteiger partial charge in [-0.15, -0.1) is 0 Å². The number of carbonyl (C=O) groups excluding carboxylic acids is 1. The van der Waals surface area contributed by atoms with Gasteiger partial charge in [0.2, 0.25) is 5.91 Å². The van der Waals surface area contributed by atoms with Gasteiger partial charge in [-0.1, -0.05) is 18.2 Å². The highest BCUT2D eigenvalue weighted by Crippen LogP contribution is 2.35. The Balaban J connectivity index is 2.19. The molecular formula is C9H12N2O. The molecule has 0 fully saturated rings. The quantitative estimate of drug-likeness (QED) is 0.600. The van der Waals surface area contributed by atoms with Crippen LogP contribution in [-0.2, 0) is 4.79 Å². The number of rotatable bonds is 2. The zero-order valence-corrected chi connectivity index (χ0v) is 6.86. The monoisotopic (exact) mass is 164 g/mol. The Bertz CT molecular complexity index is 270. The molecule has 64 valence electrons. The summed E-state index contributed by atoms with van der Waals surface area (Å²) in [6, 6.07) is 0. The lowest BCUT2D eigenvalue weighted by atomic mass is 9.93. The van der Waals surface area contributed by atoms with Crippen molar-refractivity contribution in [2.24, 2.45) is 5.73 Å². The van der Waals surface area contributed by atoms with Crippen molar-refractivity contribution in [2.75, 3.05) is 6.54 Å². The van der Waals surface area contributed by atoms with E-state index in [0.29, 0.717) is 6.42 Å². The summed E-state index contributed by atoms with van der Waals surface area (Å²) >= 11 is 0. The summed E-state index contributed by atoms with van der Waals surface area (Å²) in [5.74, 6) is -0.227. The summed E-state index contributed by atoms with van der Waals surface area (Å²) in [6.07, 6.45) is 9.66. The molecule has 0 aromatic carbocycles. The van der Waals surface area contributed by atoms with Gasteiger partial charge in [0.1, 0.15) is 0 Å². The van der Waals surface area contributed by atoms with Crippen molar-refractivity contribution in [3.05, 3.63) is 24.4 Å². The van der Waals surface area contributed by atoms with Crippen LogP contribution in [0.5, 0.6) is 0 Å². The summed E-state index contributed by atoms with van der Waals surface area (Å²) in [7, 11) is 0. The molecule has 3 nitrogen and oxygen atoms in total. The van der Waals surface area contributed by atoms with Crippen LogP contribution in [0, 0.1) is 0 Å². The Kier molecular flexibility index (Phi) is 1.46. The molecule has 0 aliphatic carbocycles. The number of amides is 1. The fourth-order valence-corrected chi connectivity index (χ4v) is 1.98. The van der Waals surface area contributed by atoms with Gasteiger partial charge in [-0.2, -0.15) is 0 Å². The molecule has 0 aromatic heterocycles. The average molecular weight is 164 g/mol. The van der Waals surface area contributed by atoms with Gasteiger partial charge in [0, 0.05) is 6.54 Å². The van der Waals surface area contributed by atoms with Crippen LogP contribution in [-0.4, -0.2) is 22.9 Å². The van der Waals surface area contributed by atoms with E-state index in [1.165, 1.54) is 0 Å². The molecule has 1 unspecified atom stereocenters. The highest BCUT2D eigenvalue weighted by atomic mass is 16.1. The molecule has 0 saturated heterocycles. The summed E-state index contributed by atoms with van der Waals surface area (Å²) in [5.41, 5.74) is 5.09. The van der Waals surface area contributed by atoms with E-state index in [9.17, 15) is 4.79 Å². The number of nitrogens with two attached hydrogens (primary N) is 1. The van der Waals surface area contributed by atoms with Gasteiger partial charge in [-0.3, -0.25) is 4.79 Å². The molecule has 1 atom stereocenters. The number of hydrogen-bond donors (Lipinski definition) is 1. The third-order valence-corrected chi connectivity index (χ3v) is 2.54. The normalized spacial score (nSPS) is 31.2. The maximum Gasteiger partial charge on any atom is 0.220 e. The molecule has 0 saturated carbocycles. The SMILES string of the molecule is NC(=O)CC12C=CCN1C=CC2. The van der Waals surface area contributed by atoms with Crippen molar-refractivity contribution in [3.8, 4) is 0 Å². The van der Waals surface area contributed by atoms with E-state index in [1.54, 1.807) is 0 Å². The predicted octanol–water partition coefficient (Wildman–Crippen LogP) is 0.390.